The van der Waals surface area contributed by atoms with Crippen LogP contribution in [0.4, 0.5) is 0 Å². The van der Waals surface area contributed by atoms with Crippen LogP contribution < -0.4 is 11.5 Å². The molecule has 0 aliphatic rings. The van der Waals surface area contributed by atoms with Crippen LogP contribution in [0.1, 0.15) is 26.7 Å². The van der Waals surface area contributed by atoms with Gasteiger partial charge in [-0.3, -0.25) is 4.79 Å². The second-order valence-corrected chi connectivity index (χ2v) is 3.54. The lowest BCUT2D eigenvalue weighted by atomic mass is 9.88. The van der Waals surface area contributed by atoms with Crippen molar-refractivity contribution in [1.29, 1.82) is 5.26 Å². The highest BCUT2D eigenvalue weighted by atomic mass is 16.1. The minimum absolute atomic E-state index is 0.424. The van der Waals surface area contributed by atoms with Crippen LogP contribution in [-0.4, -0.2) is 11.9 Å². The zero-order valence-corrected chi connectivity index (χ0v) is 7.50. The lowest BCUT2D eigenvalue weighted by molar-refractivity contribution is -0.119. The maximum Gasteiger partial charge on any atom is 0.234 e. The number of nitriles is 1. The number of amides is 1. The van der Waals surface area contributed by atoms with Crippen LogP contribution in [0.15, 0.2) is 0 Å². The molecule has 0 heterocycles. The quantitative estimate of drug-likeness (QED) is 0.626. The molecule has 0 aliphatic carbocycles. The molecule has 4 heteroatoms. The maximum atomic E-state index is 10.5. The Kier molecular flexibility index (Phi) is 3.71. The van der Waals surface area contributed by atoms with Crippen molar-refractivity contribution in [3.8, 4) is 6.07 Å². The number of hydrogen-bond acceptors (Lipinski definition) is 3. The average Bonchev–Trinajstić information content (AvgIpc) is 2.00. The summed E-state index contributed by atoms with van der Waals surface area (Å²) in [4.78, 5) is 10.5. The Morgan fingerprint density at radius 2 is 2.17 bits per heavy atom. The van der Waals surface area contributed by atoms with Gasteiger partial charge >= 0.3 is 0 Å². The van der Waals surface area contributed by atoms with Crippen LogP contribution in [-0.2, 0) is 4.79 Å². The molecule has 12 heavy (non-hydrogen) atoms. The van der Waals surface area contributed by atoms with Crippen molar-refractivity contribution in [3.05, 3.63) is 0 Å². The van der Waals surface area contributed by atoms with Crippen molar-refractivity contribution in [2.45, 2.75) is 32.7 Å². The Balaban J connectivity index is 3.85. The summed E-state index contributed by atoms with van der Waals surface area (Å²) in [5, 5.41) is 8.64. The molecular weight excluding hydrogens is 154 g/mol. The molecule has 4 nitrogen and oxygen atoms in total. The van der Waals surface area contributed by atoms with E-state index in [1.54, 1.807) is 13.8 Å². The topological polar surface area (TPSA) is 92.9 Å². The Bertz CT molecular complexity index is 205. The molecule has 1 unspecified atom stereocenters. The normalized spacial score (nSPS) is 13.5. The lowest BCUT2D eigenvalue weighted by Crippen LogP contribution is -2.37. The van der Waals surface area contributed by atoms with Gasteiger partial charge in [0.15, 0.2) is 0 Å². The number of hydrogen-bond donors (Lipinski definition) is 2. The van der Waals surface area contributed by atoms with Gasteiger partial charge in [0.05, 0.1) is 17.5 Å². The van der Waals surface area contributed by atoms with E-state index in [0.29, 0.717) is 12.8 Å². The predicted octanol–water partition coefficient (Wildman–Crippen LogP) is 0.129. The van der Waals surface area contributed by atoms with Crippen LogP contribution in [0.5, 0.6) is 0 Å². The molecular formula is C8H15N3O. The van der Waals surface area contributed by atoms with E-state index in [0.717, 1.165) is 0 Å². The maximum absolute atomic E-state index is 10.5. The zero-order valence-electron chi connectivity index (χ0n) is 7.50. The average molecular weight is 169 g/mol. The first kappa shape index (κ1) is 10.9. The van der Waals surface area contributed by atoms with Crippen LogP contribution in [0.25, 0.3) is 0 Å². The summed E-state index contributed by atoms with van der Waals surface area (Å²) in [7, 11) is 0. The lowest BCUT2D eigenvalue weighted by Gasteiger charge is -2.16. The van der Waals surface area contributed by atoms with Crippen LogP contribution in [0.3, 0.4) is 0 Å². The van der Waals surface area contributed by atoms with Crippen molar-refractivity contribution < 1.29 is 4.79 Å². The van der Waals surface area contributed by atoms with Crippen LogP contribution >= 0.6 is 0 Å². The summed E-state index contributed by atoms with van der Waals surface area (Å²) in [6.07, 6.45) is 1.06. The van der Waals surface area contributed by atoms with E-state index in [2.05, 4.69) is 6.07 Å². The zero-order chi connectivity index (χ0) is 9.78. The van der Waals surface area contributed by atoms with E-state index < -0.39 is 17.4 Å². The van der Waals surface area contributed by atoms with Gasteiger partial charge in [0, 0.05) is 0 Å². The fourth-order valence-electron chi connectivity index (χ4n) is 0.715. The van der Waals surface area contributed by atoms with Gasteiger partial charge in [0.1, 0.15) is 0 Å². The highest BCUT2D eigenvalue weighted by Gasteiger charge is 2.19. The first-order chi connectivity index (χ1) is 5.39. The van der Waals surface area contributed by atoms with Gasteiger partial charge in [-0.05, 0) is 26.7 Å². The van der Waals surface area contributed by atoms with Gasteiger partial charge in [-0.25, -0.2) is 0 Å². The summed E-state index contributed by atoms with van der Waals surface area (Å²) in [5.41, 5.74) is 9.93. The molecule has 0 aromatic rings. The fourth-order valence-corrected chi connectivity index (χ4v) is 0.715. The largest absolute Gasteiger partial charge is 0.368 e. The van der Waals surface area contributed by atoms with E-state index >= 15 is 0 Å². The molecule has 0 spiro atoms. The third kappa shape index (κ3) is 3.94. The highest BCUT2D eigenvalue weighted by Crippen LogP contribution is 2.20. The minimum Gasteiger partial charge on any atom is -0.368 e. The number of carbonyl (C=O) groups excluding carboxylic acids is 1. The molecule has 0 saturated carbocycles. The van der Waals surface area contributed by atoms with Crippen LogP contribution in [0, 0.1) is 16.7 Å². The Morgan fingerprint density at radius 3 is 2.50 bits per heavy atom. The number of nitrogens with zero attached hydrogens (tertiary/aromatic N) is 1. The molecule has 1 amide bonds. The number of primary amides is 1. The van der Waals surface area contributed by atoms with E-state index in [1.165, 1.54) is 0 Å². The molecule has 4 N–H and O–H groups in total. The molecule has 0 aliphatic heterocycles. The van der Waals surface area contributed by atoms with Crippen molar-refractivity contribution in [1.82, 2.24) is 0 Å². The first-order valence-electron chi connectivity index (χ1n) is 3.85. The number of nitrogens with two attached hydrogens (primary N) is 2. The van der Waals surface area contributed by atoms with Gasteiger partial charge in [-0.1, -0.05) is 0 Å². The van der Waals surface area contributed by atoms with Crippen molar-refractivity contribution >= 4 is 5.91 Å². The Morgan fingerprint density at radius 1 is 1.67 bits per heavy atom. The smallest absolute Gasteiger partial charge is 0.234 e. The van der Waals surface area contributed by atoms with Crippen molar-refractivity contribution in [3.63, 3.8) is 0 Å². The second kappa shape index (κ2) is 4.07. The molecule has 0 aromatic heterocycles. The molecule has 0 radical (unpaired) electrons. The van der Waals surface area contributed by atoms with E-state index in [-0.39, 0.29) is 0 Å². The molecule has 0 rings (SSSR count). The van der Waals surface area contributed by atoms with E-state index in [4.69, 9.17) is 16.7 Å². The minimum atomic E-state index is -0.627. The molecule has 68 valence electrons. The van der Waals surface area contributed by atoms with Gasteiger partial charge in [-0.2, -0.15) is 5.26 Å². The number of rotatable bonds is 4. The Labute approximate surface area is 72.5 Å². The van der Waals surface area contributed by atoms with Gasteiger partial charge in [0.25, 0.3) is 0 Å². The predicted molar refractivity (Wildman–Crippen MR) is 45.8 cm³/mol. The standard InChI is InChI=1S/C8H15N3O/c1-8(2,5-9)4-3-6(10)7(11)12/h6H,3-4,10H2,1-2H3,(H2,11,12). The molecule has 0 saturated heterocycles. The van der Waals surface area contributed by atoms with E-state index in [1.807, 2.05) is 0 Å². The third-order valence-electron chi connectivity index (χ3n) is 1.75. The summed E-state index contributed by atoms with van der Waals surface area (Å²) >= 11 is 0. The first-order valence-corrected chi connectivity index (χ1v) is 3.85. The molecule has 0 aromatic carbocycles. The van der Waals surface area contributed by atoms with Gasteiger partial charge in [-0.15, -0.1) is 0 Å². The second-order valence-electron chi connectivity index (χ2n) is 3.54. The Hall–Kier alpha value is -1.08. The summed E-state index contributed by atoms with van der Waals surface area (Å²) in [6, 6.07) is 1.50. The van der Waals surface area contributed by atoms with Gasteiger partial charge in [0.2, 0.25) is 5.91 Å². The third-order valence-corrected chi connectivity index (χ3v) is 1.75. The summed E-state index contributed by atoms with van der Waals surface area (Å²) < 4.78 is 0. The van der Waals surface area contributed by atoms with Gasteiger partial charge < -0.3 is 11.5 Å². The summed E-state index contributed by atoms with van der Waals surface area (Å²) in [6.45, 7) is 3.61. The monoisotopic (exact) mass is 169 g/mol. The SMILES string of the molecule is CC(C)(C#N)CCC(N)C(N)=O. The van der Waals surface area contributed by atoms with Crippen LogP contribution in [0.2, 0.25) is 0 Å². The van der Waals surface area contributed by atoms with Crippen molar-refractivity contribution in [2.75, 3.05) is 0 Å². The molecule has 0 fully saturated rings. The summed E-state index contributed by atoms with van der Waals surface area (Å²) in [5.74, 6) is -0.510. The number of carbonyl (C=O) groups is 1. The van der Waals surface area contributed by atoms with Crippen molar-refractivity contribution in [2.24, 2.45) is 16.9 Å². The van der Waals surface area contributed by atoms with E-state index in [9.17, 15) is 4.79 Å². The molecule has 1 atom stereocenters. The fraction of sp³-hybridized carbons (Fsp3) is 0.750. The highest BCUT2D eigenvalue weighted by molar-refractivity contribution is 5.79. The molecule has 0 bridgehead atoms.